The molecule has 41 heavy (non-hydrogen) atoms. The number of methoxy groups -OCH3 is 1. The highest BCUT2D eigenvalue weighted by Crippen LogP contribution is 2.43. The van der Waals surface area contributed by atoms with Gasteiger partial charge in [-0.05, 0) is 75.8 Å². The molecule has 11 heteroatoms. The van der Waals surface area contributed by atoms with E-state index >= 15 is 0 Å². The number of rotatable bonds is 9. The fourth-order valence-electron chi connectivity index (χ4n) is 5.28. The van der Waals surface area contributed by atoms with E-state index in [4.69, 9.17) is 42.4 Å². The summed E-state index contributed by atoms with van der Waals surface area (Å²) in [5.74, 6) is 1.12. The number of aromatic nitrogens is 4. The maximum atomic E-state index is 11.4. The lowest BCUT2D eigenvalue weighted by molar-refractivity contribution is -0.143. The minimum Gasteiger partial charge on any atom is -0.496 e. The van der Waals surface area contributed by atoms with Crippen molar-refractivity contribution in [1.82, 2.24) is 19.5 Å². The van der Waals surface area contributed by atoms with Crippen molar-refractivity contribution in [2.75, 3.05) is 7.11 Å². The Morgan fingerprint density at radius 2 is 1.88 bits per heavy atom. The molecule has 2 aromatic heterocycles. The van der Waals surface area contributed by atoms with Crippen LogP contribution < -0.4 is 14.2 Å². The first-order valence-corrected chi connectivity index (χ1v) is 14.4. The van der Waals surface area contributed by atoms with Crippen LogP contribution in [0.2, 0.25) is 10.0 Å². The molecule has 2 saturated carbocycles. The molecule has 0 atom stereocenters. The molecule has 0 bridgehead atoms. The number of aliphatic carboxylic acids is 1. The quantitative estimate of drug-likeness (QED) is 0.224. The first-order valence-electron chi connectivity index (χ1n) is 13.7. The minimum absolute atomic E-state index is 0.113. The second kappa shape index (κ2) is 11.0. The highest BCUT2D eigenvalue weighted by atomic mass is 35.5. The molecular weight excluding hydrogens is 567 g/mol. The summed E-state index contributed by atoms with van der Waals surface area (Å²) in [7, 11) is 1.62. The lowest BCUT2D eigenvalue weighted by Gasteiger charge is -2.27. The molecule has 0 radical (unpaired) electrons. The van der Waals surface area contributed by atoms with E-state index in [0.717, 1.165) is 18.4 Å². The molecule has 0 saturated heterocycles. The summed E-state index contributed by atoms with van der Waals surface area (Å²) in [6.07, 6.45) is 5.73. The monoisotopic (exact) mass is 596 g/mol. The van der Waals surface area contributed by atoms with Crippen molar-refractivity contribution in [2.45, 2.75) is 63.7 Å². The summed E-state index contributed by atoms with van der Waals surface area (Å²) in [4.78, 5) is 25.4. The molecule has 1 N–H and O–H groups in total. The highest BCUT2D eigenvalue weighted by molar-refractivity contribution is 6.34. The third kappa shape index (κ3) is 5.65. The lowest BCUT2D eigenvalue weighted by atomic mass is 9.87. The molecule has 2 aromatic carbocycles. The Morgan fingerprint density at radius 1 is 1.10 bits per heavy atom. The number of imidazole rings is 1. The van der Waals surface area contributed by atoms with Gasteiger partial charge in [0, 0.05) is 16.1 Å². The zero-order valence-corrected chi connectivity index (χ0v) is 24.3. The van der Waals surface area contributed by atoms with Gasteiger partial charge in [0.1, 0.15) is 29.3 Å². The normalized spacial score (nSPS) is 19.6. The summed E-state index contributed by atoms with van der Waals surface area (Å²) < 4.78 is 20.1. The van der Waals surface area contributed by atoms with Crippen molar-refractivity contribution in [2.24, 2.45) is 5.92 Å². The Hall–Kier alpha value is -3.56. The van der Waals surface area contributed by atoms with Gasteiger partial charge in [0.2, 0.25) is 5.88 Å². The van der Waals surface area contributed by atoms with Crippen LogP contribution in [-0.4, -0.2) is 49.4 Å². The average molecular weight is 597 g/mol. The molecule has 214 valence electrons. The van der Waals surface area contributed by atoms with Crippen molar-refractivity contribution < 1.29 is 24.1 Å². The molecule has 2 fully saturated rings. The Morgan fingerprint density at radius 3 is 2.59 bits per heavy atom. The fraction of sp³-hybridized carbons (Fsp3) is 0.400. The molecule has 2 heterocycles. The lowest BCUT2D eigenvalue weighted by Crippen LogP contribution is -2.27. The van der Waals surface area contributed by atoms with Gasteiger partial charge in [-0.2, -0.15) is 4.98 Å². The number of hydrogen-bond acceptors (Lipinski definition) is 7. The standard InChI is InChI=1S/C30H30Cl2N4O5/c1-30(12-13-30)41-28-25-27(33-16-34-28)36(15-18-14-19(31)8-11-22(18)39-2)26(35-25)21-4-3-5-23(24(21)32)40-20-9-6-17(7-10-20)29(37)38/h3-5,8,11,14,16-17,20H,6-7,9-10,12-13,15H2,1-2H3,(H,37,38). The Balaban J connectivity index is 1.42. The van der Waals surface area contributed by atoms with Crippen molar-refractivity contribution in [3.8, 4) is 28.8 Å². The summed E-state index contributed by atoms with van der Waals surface area (Å²) >= 11 is 13.4. The second-order valence-corrected chi connectivity index (χ2v) is 11.7. The predicted octanol–water partition coefficient (Wildman–Crippen LogP) is 6.81. The Labute approximate surface area is 247 Å². The minimum atomic E-state index is -0.749. The number of hydrogen-bond donors (Lipinski definition) is 1. The Bertz CT molecular complexity index is 1610. The van der Waals surface area contributed by atoms with Crippen LogP contribution in [0.25, 0.3) is 22.6 Å². The van der Waals surface area contributed by atoms with E-state index in [1.165, 1.54) is 6.33 Å². The van der Waals surface area contributed by atoms with Crippen LogP contribution >= 0.6 is 23.2 Å². The molecule has 0 aliphatic heterocycles. The first kappa shape index (κ1) is 27.6. The van der Waals surface area contributed by atoms with E-state index in [9.17, 15) is 9.90 Å². The molecule has 4 aromatic rings. The molecule has 2 aliphatic carbocycles. The van der Waals surface area contributed by atoms with E-state index in [1.807, 2.05) is 34.9 Å². The Kier molecular flexibility index (Phi) is 7.42. The predicted molar refractivity (Wildman–Crippen MR) is 155 cm³/mol. The molecule has 0 spiro atoms. The van der Waals surface area contributed by atoms with Gasteiger partial charge in [-0.3, -0.25) is 4.79 Å². The number of nitrogens with zero attached hydrogens (tertiary/aromatic N) is 4. The average Bonchev–Trinajstić information content (AvgIpc) is 3.57. The maximum absolute atomic E-state index is 11.4. The fourth-order valence-corrected chi connectivity index (χ4v) is 5.73. The highest BCUT2D eigenvalue weighted by Gasteiger charge is 2.41. The number of carboxylic acid groups (broad SMARTS) is 1. The zero-order chi connectivity index (χ0) is 28.7. The molecule has 6 rings (SSSR count). The van der Waals surface area contributed by atoms with Crippen molar-refractivity contribution in [3.63, 3.8) is 0 Å². The van der Waals surface area contributed by atoms with Crippen LogP contribution in [0.5, 0.6) is 17.4 Å². The third-order valence-corrected chi connectivity index (χ3v) is 8.51. The van der Waals surface area contributed by atoms with Crippen molar-refractivity contribution in [3.05, 3.63) is 58.3 Å². The van der Waals surface area contributed by atoms with Gasteiger partial charge in [-0.15, -0.1) is 0 Å². The van der Waals surface area contributed by atoms with Gasteiger partial charge in [0.25, 0.3) is 0 Å². The van der Waals surface area contributed by atoms with Gasteiger partial charge in [0.05, 0.1) is 30.7 Å². The van der Waals surface area contributed by atoms with E-state index in [1.54, 1.807) is 13.2 Å². The molecular formula is C30H30Cl2N4O5. The van der Waals surface area contributed by atoms with Gasteiger partial charge >= 0.3 is 5.97 Å². The SMILES string of the molecule is COc1ccc(Cl)cc1Cn1c(-c2cccc(OC3CCC(C(=O)O)CC3)c2Cl)nc2c(OC3(C)CC3)ncnc21. The van der Waals surface area contributed by atoms with Crippen LogP contribution in [0.3, 0.4) is 0 Å². The molecule has 0 amide bonds. The number of ether oxygens (including phenoxy) is 3. The zero-order valence-electron chi connectivity index (χ0n) is 22.8. The van der Waals surface area contributed by atoms with Crippen LogP contribution in [0, 0.1) is 5.92 Å². The number of benzene rings is 2. The largest absolute Gasteiger partial charge is 0.496 e. The smallest absolute Gasteiger partial charge is 0.306 e. The second-order valence-electron chi connectivity index (χ2n) is 10.9. The van der Waals surface area contributed by atoms with Crippen LogP contribution in [0.1, 0.15) is 51.0 Å². The van der Waals surface area contributed by atoms with Crippen LogP contribution in [0.15, 0.2) is 42.7 Å². The first-order chi connectivity index (χ1) is 19.7. The molecule has 0 unspecified atom stereocenters. The van der Waals surface area contributed by atoms with Crippen LogP contribution in [-0.2, 0) is 11.3 Å². The summed E-state index contributed by atoms with van der Waals surface area (Å²) in [6, 6.07) is 11.0. The van der Waals surface area contributed by atoms with E-state index in [0.29, 0.717) is 82.2 Å². The molecule has 2 aliphatic rings. The van der Waals surface area contributed by atoms with Crippen LogP contribution in [0.4, 0.5) is 0 Å². The van der Waals surface area contributed by atoms with Crippen molar-refractivity contribution in [1.29, 1.82) is 0 Å². The summed E-state index contributed by atoms with van der Waals surface area (Å²) in [5.41, 5.74) is 2.36. The number of halogens is 2. The van der Waals surface area contributed by atoms with Gasteiger partial charge in [-0.25, -0.2) is 9.97 Å². The number of carboxylic acids is 1. The summed E-state index contributed by atoms with van der Waals surface area (Å²) in [6.45, 7) is 2.40. The molecule has 9 nitrogen and oxygen atoms in total. The number of carbonyl (C=O) groups is 1. The summed E-state index contributed by atoms with van der Waals surface area (Å²) in [5, 5.41) is 10.3. The van der Waals surface area contributed by atoms with Gasteiger partial charge in [0.15, 0.2) is 11.2 Å². The van der Waals surface area contributed by atoms with E-state index in [-0.39, 0.29) is 17.6 Å². The topological polar surface area (TPSA) is 109 Å². The van der Waals surface area contributed by atoms with Crippen molar-refractivity contribution >= 4 is 40.3 Å². The van der Waals surface area contributed by atoms with Gasteiger partial charge < -0.3 is 23.9 Å². The van der Waals surface area contributed by atoms with Gasteiger partial charge in [-0.1, -0.05) is 29.3 Å². The van der Waals surface area contributed by atoms with E-state index < -0.39 is 5.97 Å². The maximum Gasteiger partial charge on any atom is 0.306 e. The third-order valence-electron chi connectivity index (χ3n) is 7.89. The number of fused-ring (bicyclic) bond motifs is 1. The van der Waals surface area contributed by atoms with E-state index in [2.05, 4.69) is 16.9 Å².